The largest absolute Gasteiger partial charge is 0.454 e. The molecule has 3 aromatic rings. The molecule has 0 fully saturated rings. The Hall–Kier alpha value is -2.28. The smallest absolute Gasteiger partial charge is 0.326 e. The topological polar surface area (TPSA) is 73.2 Å². The number of carbonyl (C=O) groups excluding carboxylic acids is 2. The van der Waals surface area contributed by atoms with Crippen molar-refractivity contribution >= 4 is 63.4 Å². The molecular formula is C17H12Cl3N3O3. The number of esters is 1. The van der Waals surface area contributed by atoms with Gasteiger partial charge in [-0.1, -0.05) is 46.9 Å². The minimum atomic E-state index is -0.573. The van der Waals surface area contributed by atoms with Crippen LogP contribution in [0.4, 0.5) is 5.69 Å². The number of hydrogen-bond acceptors (Lipinski definition) is 4. The number of nitrogens with zero attached hydrogens (tertiary/aromatic N) is 2. The average Bonchev–Trinajstić information content (AvgIpc) is 2.99. The lowest BCUT2D eigenvalue weighted by Gasteiger charge is -2.10. The zero-order valence-electron chi connectivity index (χ0n) is 13.2. The van der Waals surface area contributed by atoms with Crippen LogP contribution < -0.4 is 5.32 Å². The van der Waals surface area contributed by atoms with Crippen LogP contribution in [0.5, 0.6) is 0 Å². The number of amides is 1. The molecule has 6 nitrogen and oxygen atoms in total. The van der Waals surface area contributed by atoms with E-state index in [-0.39, 0.29) is 22.3 Å². The van der Waals surface area contributed by atoms with Crippen molar-refractivity contribution in [3.8, 4) is 0 Å². The molecule has 26 heavy (non-hydrogen) atoms. The fraction of sp³-hybridized carbons (Fsp3) is 0.118. The van der Waals surface area contributed by atoms with Gasteiger partial charge >= 0.3 is 5.97 Å². The minimum absolute atomic E-state index is 0.0593. The maximum absolute atomic E-state index is 12.0. The number of aromatic nitrogens is 2. The molecule has 1 aromatic heterocycles. The van der Waals surface area contributed by atoms with Crippen LogP contribution in [0.15, 0.2) is 42.7 Å². The molecule has 0 aliphatic carbocycles. The summed E-state index contributed by atoms with van der Waals surface area (Å²) in [5, 5.41) is 3.21. The van der Waals surface area contributed by atoms with E-state index in [9.17, 15) is 9.59 Å². The molecule has 1 N–H and O–H groups in total. The Kier molecular flexibility index (Phi) is 5.66. The number of fused-ring (bicyclic) bond motifs is 1. The fourth-order valence-corrected chi connectivity index (χ4v) is 3.22. The van der Waals surface area contributed by atoms with Gasteiger partial charge in [-0.25, -0.2) is 4.98 Å². The quantitative estimate of drug-likeness (QED) is 0.638. The van der Waals surface area contributed by atoms with Gasteiger partial charge in [-0.15, -0.1) is 0 Å². The number of halogens is 3. The summed E-state index contributed by atoms with van der Waals surface area (Å²) in [7, 11) is 0. The van der Waals surface area contributed by atoms with Gasteiger partial charge in [0.05, 0.1) is 33.1 Å². The number of benzene rings is 2. The molecule has 9 heteroatoms. The van der Waals surface area contributed by atoms with Crippen molar-refractivity contribution in [2.45, 2.75) is 6.54 Å². The highest BCUT2D eigenvalue weighted by Gasteiger charge is 2.14. The minimum Gasteiger partial charge on any atom is -0.454 e. The van der Waals surface area contributed by atoms with Gasteiger partial charge in [-0.2, -0.15) is 0 Å². The van der Waals surface area contributed by atoms with Crippen molar-refractivity contribution in [3.63, 3.8) is 0 Å². The highest BCUT2D eigenvalue weighted by atomic mass is 35.5. The summed E-state index contributed by atoms with van der Waals surface area (Å²) in [6.07, 6.45) is 1.54. The van der Waals surface area contributed by atoms with E-state index in [0.717, 1.165) is 11.0 Å². The van der Waals surface area contributed by atoms with Gasteiger partial charge < -0.3 is 14.6 Å². The molecule has 1 amide bonds. The van der Waals surface area contributed by atoms with Crippen molar-refractivity contribution in [1.82, 2.24) is 9.55 Å². The van der Waals surface area contributed by atoms with Gasteiger partial charge in [0.2, 0.25) is 0 Å². The zero-order valence-corrected chi connectivity index (χ0v) is 15.5. The highest BCUT2D eigenvalue weighted by Crippen LogP contribution is 2.33. The van der Waals surface area contributed by atoms with Crippen LogP contribution in [0.1, 0.15) is 0 Å². The third kappa shape index (κ3) is 4.27. The third-order valence-electron chi connectivity index (χ3n) is 3.46. The summed E-state index contributed by atoms with van der Waals surface area (Å²) in [6, 6.07) is 10.3. The number of ether oxygens (including phenoxy) is 1. The molecule has 3 rings (SSSR count). The molecule has 0 atom stereocenters. The van der Waals surface area contributed by atoms with Crippen molar-refractivity contribution in [1.29, 1.82) is 0 Å². The molecule has 0 bridgehead atoms. The Morgan fingerprint density at radius 3 is 2.54 bits per heavy atom. The maximum Gasteiger partial charge on any atom is 0.326 e. The van der Waals surface area contributed by atoms with E-state index in [1.807, 2.05) is 24.3 Å². The number of anilines is 1. The summed E-state index contributed by atoms with van der Waals surface area (Å²) in [4.78, 5) is 28.1. The summed E-state index contributed by atoms with van der Waals surface area (Å²) in [6.45, 7) is -0.531. The molecule has 134 valence electrons. The van der Waals surface area contributed by atoms with Crippen LogP contribution in [-0.4, -0.2) is 28.0 Å². The lowest BCUT2D eigenvalue weighted by molar-refractivity contribution is -0.147. The fourth-order valence-electron chi connectivity index (χ4n) is 2.30. The first-order valence-electron chi connectivity index (χ1n) is 7.44. The Morgan fingerprint density at radius 2 is 1.81 bits per heavy atom. The summed E-state index contributed by atoms with van der Waals surface area (Å²) >= 11 is 17.8. The molecule has 0 saturated heterocycles. The van der Waals surface area contributed by atoms with Gasteiger partial charge in [-0.3, -0.25) is 9.59 Å². The van der Waals surface area contributed by atoms with Crippen LogP contribution in [0.3, 0.4) is 0 Å². The third-order valence-corrected chi connectivity index (χ3v) is 4.28. The lowest BCUT2D eigenvalue weighted by Crippen LogP contribution is -2.23. The maximum atomic E-state index is 12.0. The van der Waals surface area contributed by atoms with E-state index in [2.05, 4.69) is 10.3 Å². The molecule has 0 saturated carbocycles. The zero-order chi connectivity index (χ0) is 18.7. The molecule has 0 spiro atoms. The Bertz CT molecular complexity index is 965. The second kappa shape index (κ2) is 7.95. The first-order valence-corrected chi connectivity index (χ1v) is 8.57. The van der Waals surface area contributed by atoms with E-state index in [4.69, 9.17) is 39.5 Å². The monoisotopic (exact) mass is 411 g/mol. The Labute approximate surface area is 163 Å². The van der Waals surface area contributed by atoms with E-state index < -0.39 is 18.5 Å². The first-order chi connectivity index (χ1) is 12.4. The average molecular weight is 413 g/mol. The summed E-state index contributed by atoms with van der Waals surface area (Å²) < 4.78 is 6.63. The van der Waals surface area contributed by atoms with Crippen LogP contribution in [0.2, 0.25) is 15.1 Å². The second-order valence-corrected chi connectivity index (χ2v) is 6.57. The van der Waals surface area contributed by atoms with Crippen LogP contribution in [0, 0.1) is 0 Å². The van der Waals surface area contributed by atoms with Crippen molar-refractivity contribution in [2.24, 2.45) is 0 Å². The summed E-state index contributed by atoms with van der Waals surface area (Å²) in [5.41, 5.74) is 1.78. The Balaban J connectivity index is 1.57. The molecule has 0 aliphatic heterocycles. The number of para-hydroxylation sites is 2. The highest BCUT2D eigenvalue weighted by molar-refractivity contribution is 6.42. The predicted molar refractivity (Wildman–Crippen MR) is 101 cm³/mol. The normalized spacial score (nSPS) is 10.7. The standard InChI is InChI=1S/C17H12Cl3N3O3/c18-10-5-11(19)17(12(20)6-10)22-15(24)8-26-16(25)7-23-9-21-13-3-1-2-4-14(13)23/h1-6,9H,7-8H2,(H,22,24). The Morgan fingerprint density at radius 1 is 1.12 bits per heavy atom. The predicted octanol–water partition coefficient (Wildman–Crippen LogP) is 4.18. The molecule has 2 aromatic carbocycles. The van der Waals surface area contributed by atoms with E-state index in [1.165, 1.54) is 12.1 Å². The number of imidazole rings is 1. The second-order valence-electron chi connectivity index (χ2n) is 5.31. The van der Waals surface area contributed by atoms with Gasteiger partial charge in [0.1, 0.15) is 6.54 Å². The van der Waals surface area contributed by atoms with E-state index in [1.54, 1.807) is 10.9 Å². The molecule has 1 heterocycles. The molecule has 0 unspecified atom stereocenters. The number of hydrogen-bond donors (Lipinski definition) is 1. The van der Waals surface area contributed by atoms with Gasteiger partial charge in [0, 0.05) is 5.02 Å². The van der Waals surface area contributed by atoms with Crippen molar-refractivity contribution in [2.75, 3.05) is 11.9 Å². The van der Waals surface area contributed by atoms with Gasteiger partial charge in [-0.05, 0) is 24.3 Å². The van der Waals surface area contributed by atoms with Crippen molar-refractivity contribution in [3.05, 3.63) is 57.8 Å². The molecule has 0 aliphatic rings. The summed E-state index contributed by atoms with van der Waals surface area (Å²) in [5.74, 6) is -1.14. The van der Waals surface area contributed by atoms with Crippen LogP contribution in [0.25, 0.3) is 11.0 Å². The lowest BCUT2D eigenvalue weighted by atomic mass is 10.3. The van der Waals surface area contributed by atoms with Crippen LogP contribution in [-0.2, 0) is 20.9 Å². The van der Waals surface area contributed by atoms with E-state index in [0.29, 0.717) is 5.02 Å². The number of nitrogens with one attached hydrogen (secondary N) is 1. The number of carbonyl (C=O) groups is 2. The molecule has 0 radical (unpaired) electrons. The molecular weight excluding hydrogens is 401 g/mol. The first kappa shape index (κ1) is 18.5. The van der Waals surface area contributed by atoms with Crippen molar-refractivity contribution < 1.29 is 14.3 Å². The van der Waals surface area contributed by atoms with Gasteiger partial charge in [0.15, 0.2) is 6.61 Å². The number of rotatable bonds is 5. The van der Waals surface area contributed by atoms with Crippen LogP contribution >= 0.6 is 34.8 Å². The van der Waals surface area contributed by atoms with Gasteiger partial charge in [0.25, 0.3) is 5.91 Å². The van der Waals surface area contributed by atoms with E-state index >= 15 is 0 Å². The SMILES string of the molecule is O=C(COC(=O)Cn1cnc2ccccc21)Nc1c(Cl)cc(Cl)cc1Cl.